The van der Waals surface area contributed by atoms with Crippen LogP contribution in [0.1, 0.15) is 121 Å². The minimum Gasteiger partial charge on any atom is -0.460 e. The molecule has 1 rings (SSSR count). The molecule has 0 spiro atoms. The Morgan fingerprint density at radius 2 is 1.42 bits per heavy atom. The van der Waals surface area contributed by atoms with Gasteiger partial charge in [-0.2, -0.15) is 0 Å². The van der Waals surface area contributed by atoms with Gasteiger partial charge in [0.25, 0.3) is 0 Å². The molecule has 1 fully saturated rings. The van der Waals surface area contributed by atoms with Crippen molar-refractivity contribution in [3.8, 4) is 0 Å². The molecule has 0 aromatic heterocycles. The SMILES string of the molecule is CCC(C)(C)OC(=O)CCC1(C)CC(OCC(=O)OC(C)(C)CC)C(C(C)CC(C)(C)C)C1. The molecule has 4 unspecified atom stereocenters. The predicted molar refractivity (Wildman–Crippen MR) is 134 cm³/mol. The monoisotopic (exact) mass is 468 g/mol. The fourth-order valence-corrected chi connectivity index (χ4v) is 4.91. The van der Waals surface area contributed by atoms with E-state index >= 15 is 0 Å². The molecule has 0 aromatic rings. The zero-order valence-corrected chi connectivity index (χ0v) is 23.4. The van der Waals surface area contributed by atoms with Crippen molar-refractivity contribution in [1.82, 2.24) is 0 Å². The van der Waals surface area contributed by atoms with Crippen LogP contribution in [0, 0.1) is 22.7 Å². The molecule has 0 heterocycles. The molecule has 0 bridgehead atoms. The zero-order valence-electron chi connectivity index (χ0n) is 23.4. The third-order valence-corrected chi connectivity index (χ3v) is 7.40. The van der Waals surface area contributed by atoms with Gasteiger partial charge in [-0.1, -0.05) is 48.5 Å². The van der Waals surface area contributed by atoms with Crippen LogP contribution >= 0.6 is 0 Å². The van der Waals surface area contributed by atoms with E-state index < -0.39 is 11.2 Å². The van der Waals surface area contributed by atoms with Crippen molar-refractivity contribution < 1.29 is 23.8 Å². The fraction of sp³-hybridized carbons (Fsp3) is 0.929. The Morgan fingerprint density at radius 1 is 0.909 bits per heavy atom. The molecule has 0 radical (unpaired) electrons. The summed E-state index contributed by atoms with van der Waals surface area (Å²) in [5, 5.41) is 0. The summed E-state index contributed by atoms with van der Waals surface area (Å²) in [6.07, 6.45) is 5.67. The van der Waals surface area contributed by atoms with E-state index in [0.29, 0.717) is 18.3 Å². The van der Waals surface area contributed by atoms with Crippen molar-refractivity contribution in [3.05, 3.63) is 0 Å². The van der Waals surface area contributed by atoms with Crippen LogP contribution in [0.25, 0.3) is 0 Å². The van der Waals surface area contributed by atoms with Gasteiger partial charge in [-0.05, 0) is 88.9 Å². The first-order valence-electron chi connectivity index (χ1n) is 13.0. The first-order valence-corrected chi connectivity index (χ1v) is 13.0. The number of carbonyl (C=O) groups excluding carboxylic acids is 2. The van der Waals surface area contributed by atoms with Crippen LogP contribution in [-0.4, -0.2) is 35.9 Å². The average Bonchev–Trinajstić information content (AvgIpc) is 3.00. The molecule has 1 aliphatic rings. The number of ether oxygens (including phenoxy) is 3. The van der Waals surface area contributed by atoms with Gasteiger partial charge >= 0.3 is 11.9 Å². The molecular formula is C28H52O5. The smallest absolute Gasteiger partial charge is 0.332 e. The highest BCUT2D eigenvalue weighted by molar-refractivity contribution is 5.71. The molecule has 5 nitrogen and oxygen atoms in total. The third kappa shape index (κ3) is 10.8. The second-order valence-electron chi connectivity index (χ2n) is 13.1. The minimum atomic E-state index is -0.476. The van der Waals surface area contributed by atoms with Gasteiger partial charge in [-0.15, -0.1) is 0 Å². The van der Waals surface area contributed by atoms with Crippen molar-refractivity contribution in [1.29, 1.82) is 0 Å². The van der Waals surface area contributed by atoms with Crippen molar-refractivity contribution in [2.75, 3.05) is 6.61 Å². The summed E-state index contributed by atoms with van der Waals surface area (Å²) in [6, 6.07) is 0. The third-order valence-electron chi connectivity index (χ3n) is 7.40. The molecule has 5 heteroatoms. The van der Waals surface area contributed by atoms with E-state index in [9.17, 15) is 9.59 Å². The van der Waals surface area contributed by atoms with Crippen LogP contribution in [0.3, 0.4) is 0 Å². The topological polar surface area (TPSA) is 61.8 Å². The standard InChI is InChI=1S/C28H52O5/c1-12-26(7,8)32-23(29)14-15-28(11)17-21(20(3)16-25(4,5)6)22(18-28)31-19-24(30)33-27(9,10)13-2/h20-22H,12-19H2,1-11H3. The quantitative estimate of drug-likeness (QED) is 0.286. The van der Waals surface area contributed by atoms with E-state index in [1.807, 2.05) is 41.5 Å². The first-order chi connectivity index (χ1) is 14.9. The van der Waals surface area contributed by atoms with Gasteiger partial charge < -0.3 is 14.2 Å². The van der Waals surface area contributed by atoms with Gasteiger partial charge in [0.2, 0.25) is 0 Å². The normalized spacial score (nSPS) is 25.1. The van der Waals surface area contributed by atoms with Crippen molar-refractivity contribution in [3.63, 3.8) is 0 Å². The maximum atomic E-state index is 12.5. The van der Waals surface area contributed by atoms with Gasteiger partial charge in [0, 0.05) is 6.42 Å². The lowest BCUT2D eigenvalue weighted by Gasteiger charge is -2.31. The molecule has 1 aliphatic carbocycles. The zero-order chi connectivity index (χ0) is 25.7. The summed E-state index contributed by atoms with van der Waals surface area (Å²) in [6.45, 7) is 23.1. The summed E-state index contributed by atoms with van der Waals surface area (Å²) in [5.41, 5.74) is -0.683. The summed E-state index contributed by atoms with van der Waals surface area (Å²) in [5.74, 6) is 0.385. The van der Waals surface area contributed by atoms with Crippen molar-refractivity contribution in [2.24, 2.45) is 22.7 Å². The minimum absolute atomic E-state index is 0.00672. The van der Waals surface area contributed by atoms with Crippen LogP contribution in [0.15, 0.2) is 0 Å². The largest absolute Gasteiger partial charge is 0.460 e. The van der Waals surface area contributed by atoms with Crippen molar-refractivity contribution >= 4 is 11.9 Å². The number of hydrogen-bond acceptors (Lipinski definition) is 5. The molecule has 0 aromatic carbocycles. The van der Waals surface area contributed by atoms with E-state index in [1.54, 1.807) is 0 Å². The molecular weight excluding hydrogens is 416 g/mol. The van der Waals surface area contributed by atoms with E-state index in [4.69, 9.17) is 14.2 Å². The lowest BCUT2D eigenvalue weighted by molar-refractivity contribution is -0.165. The summed E-state index contributed by atoms with van der Waals surface area (Å²) < 4.78 is 17.5. The van der Waals surface area contributed by atoms with Gasteiger partial charge in [0.15, 0.2) is 0 Å². The molecule has 4 atom stereocenters. The van der Waals surface area contributed by atoms with E-state index in [1.165, 1.54) is 0 Å². The van der Waals surface area contributed by atoms with Gasteiger partial charge in [0.05, 0.1) is 6.10 Å². The Kier molecular flexibility index (Phi) is 10.5. The van der Waals surface area contributed by atoms with Crippen LogP contribution in [0.4, 0.5) is 0 Å². The Bertz CT molecular complexity index is 645. The number of esters is 2. The lowest BCUT2D eigenvalue weighted by Crippen LogP contribution is -2.32. The summed E-state index contributed by atoms with van der Waals surface area (Å²) >= 11 is 0. The highest BCUT2D eigenvalue weighted by Crippen LogP contribution is 2.50. The van der Waals surface area contributed by atoms with Crippen molar-refractivity contribution in [2.45, 2.75) is 138 Å². The van der Waals surface area contributed by atoms with E-state index in [2.05, 4.69) is 34.6 Å². The van der Waals surface area contributed by atoms with Gasteiger partial charge in [-0.3, -0.25) is 4.79 Å². The van der Waals surface area contributed by atoms with Gasteiger partial charge in [-0.25, -0.2) is 4.79 Å². The molecule has 0 aliphatic heterocycles. The maximum absolute atomic E-state index is 12.5. The Balaban J connectivity index is 2.84. The number of hydrogen-bond donors (Lipinski definition) is 0. The molecule has 0 amide bonds. The fourth-order valence-electron chi connectivity index (χ4n) is 4.91. The molecule has 0 N–H and O–H groups in total. The lowest BCUT2D eigenvalue weighted by atomic mass is 9.76. The first kappa shape index (κ1) is 29.9. The highest BCUT2D eigenvalue weighted by Gasteiger charge is 2.45. The van der Waals surface area contributed by atoms with Crippen LogP contribution < -0.4 is 0 Å². The Morgan fingerprint density at radius 3 is 1.91 bits per heavy atom. The molecule has 33 heavy (non-hydrogen) atoms. The second kappa shape index (κ2) is 11.6. The van der Waals surface area contributed by atoms with Crippen LogP contribution in [-0.2, 0) is 23.8 Å². The van der Waals surface area contributed by atoms with Gasteiger partial charge in [0.1, 0.15) is 17.8 Å². The molecule has 0 saturated heterocycles. The average molecular weight is 469 g/mol. The maximum Gasteiger partial charge on any atom is 0.332 e. The Hall–Kier alpha value is -1.10. The number of rotatable bonds is 12. The predicted octanol–water partition coefficient (Wildman–Crippen LogP) is 7.10. The molecule has 1 saturated carbocycles. The van der Waals surface area contributed by atoms with Crippen LogP contribution in [0.5, 0.6) is 0 Å². The van der Waals surface area contributed by atoms with E-state index in [0.717, 1.165) is 38.5 Å². The second-order valence-corrected chi connectivity index (χ2v) is 13.1. The van der Waals surface area contributed by atoms with Crippen LogP contribution in [0.2, 0.25) is 0 Å². The van der Waals surface area contributed by atoms with E-state index in [-0.39, 0.29) is 35.5 Å². The Labute approximate surface area is 203 Å². The highest BCUT2D eigenvalue weighted by atomic mass is 16.6. The summed E-state index contributed by atoms with van der Waals surface area (Å²) in [7, 11) is 0. The number of carbonyl (C=O) groups is 2. The molecule has 194 valence electrons. The summed E-state index contributed by atoms with van der Waals surface area (Å²) in [4.78, 5) is 24.9.